The largest absolute Gasteiger partial charge is 0.385 e. The normalized spacial score (nSPS) is 31.2. The van der Waals surface area contributed by atoms with E-state index in [4.69, 9.17) is 9.47 Å². The van der Waals surface area contributed by atoms with Crippen molar-refractivity contribution < 1.29 is 24.5 Å². The fourth-order valence-electron chi connectivity index (χ4n) is 1.92. The van der Waals surface area contributed by atoms with E-state index < -0.39 is 30.2 Å². The van der Waals surface area contributed by atoms with E-state index in [0.29, 0.717) is 13.0 Å². The molecule has 0 saturated carbocycles. The number of aliphatic hydroxyl groups is 2. The fraction of sp³-hybridized carbons (Fsp3) is 0.933. The van der Waals surface area contributed by atoms with Gasteiger partial charge in [-0.1, -0.05) is 20.8 Å². The molecule has 1 fully saturated rings. The molecule has 6 heteroatoms. The maximum absolute atomic E-state index is 12.5. The molecule has 1 aliphatic rings. The Hall–Kier alpha value is -0.530. The van der Waals surface area contributed by atoms with Gasteiger partial charge in [0.2, 0.25) is 0 Å². The van der Waals surface area contributed by atoms with Crippen molar-refractivity contribution in [3.8, 4) is 0 Å². The summed E-state index contributed by atoms with van der Waals surface area (Å²) in [7, 11) is 0. The summed E-state index contributed by atoms with van der Waals surface area (Å²) in [6.45, 7) is 11.8. The Labute approximate surface area is 126 Å². The van der Waals surface area contributed by atoms with E-state index >= 15 is 0 Å². The summed E-state index contributed by atoms with van der Waals surface area (Å²) >= 11 is 0. The maximum Gasteiger partial charge on any atom is 0.187 e. The standard InChI is InChI=1S/C15H29NO5/c1-7-15(5,6)12(18)11-10(17)13(19)21-9(20-11)8-16-14(2,3)4/h9-11,13,16-17,19H,7-8H2,1-6H3. The third-order valence-corrected chi connectivity index (χ3v) is 3.80. The van der Waals surface area contributed by atoms with Crippen LogP contribution in [0.25, 0.3) is 0 Å². The quantitative estimate of drug-likeness (QED) is 0.696. The molecule has 0 radical (unpaired) electrons. The third kappa shape index (κ3) is 5.00. The van der Waals surface area contributed by atoms with Gasteiger partial charge >= 0.3 is 0 Å². The number of carbonyl (C=O) groups excluding carboxylic acids is 1. The van der Waals surface area contributed by atoms with Gasteiger partial charge in [0.15, 0.2) is 24.5 Å². The molecule has 3 N–H and O–H groups in total. The highest BCUT2D eigenvalue weighted by molar-refractivity contribution is 5.88. The van der Waals surface area contributed by atoms with Crippen molar-refractivity contribution in [1.29, 1.82) is 0 Å². The summed E-state index contributed by atoms with van der Waals surface area (Å²) in [5, 5.41) is 23.0. The first-order chi connectivity index (χ1) is 9.48. The van der Waals surface area contributed by atoms with Crippen LogP contribution in [0.2, 0.25) is 0 Å². The average molecular weight is 303 g/mol. The topological polar surface area (TPSA) is 88.0 Å². The van der Waals surface area contributed by atoms with Gasteiger partial charge in [-0.15, -0.1) is 0 Å². The van der Waals surface area contributed by atoms with E-state index in [9.17, 15) is 15.0 Å². The second-order valence-electron chi connectivity index (χ2n) is 7.24. The predicted octanol–water partition coefficient (Wildman–Crippen LogP) is 0.801. The molecule has 1 rings (SSSR count). The molecule has 0 bridgehead atoms. The number of ether oxygens (including phenoxy) is 2. The smallest absolute Gasteiger partial charge is 0.187 e. The third-order valence-electron chi connectivity index (χ3n) is 3.80. The fourth-order valence-corrected chi connectivity index (χ4v) is 1.92. The second-order valence-corrected chi connectivity index (χ2v) is 7.24. The highest BCUT2D eigenvalue weighted by Crippen LogP contribution is 2.29. The molecule has 0 aromatic rings. The lowest BCUT2D eigenvalue weighted by molar-refractivity contribution is -0.326. The molecule has 1 saturated heterocycles. The number of nitrogens with one attached hydrogen (secondary N) is 1. The van der Waals surface area contributed by atoms with Gasteiger partial charge in [0, 0.05) is 17.5 Å². The number of rotatable bonds is 5. The zero-order valence-electron chi connectivity index (χ0n) is 13.8. The van der Waals surface area contributed by atoms with E-state index in [1.807, 2.05) is 27.7 Å². The molecule has 0 aromatic carbocycles. The van der Waals surface area contributed by atoms with Crippen LogP contribution in [0, 0.1) is 5.41 Å². The van der Waals surface area contributed by atoms with Gasteiger partial charge in [-0.25, -0.2) is 0 Å². The monoisotopic (exact) mass is 303 g/mol. The molecule has 1 aliphatic heterocycles. The van der Waals surface area contributed by atoms with Crippen LogP contribution in [0.15, 0.2) is 0 Å². The van der Waals surface area contributed by atoms with E-state index in [2.05, 4.69) is 5.32 Å². The number of Topliss-reactive ketones (excluding diaryl/α,β-unsaturated/α-hetero) is 1. The van der Waals surface area contributed by atoms with Gasteiger partial charge in [0.05, 0.1) is 0 Å². The second kappa shape index (κ2) is 6.71. The molecular weight excluding hydrogens is 274 g/mol. The van der Waals surface area contributed by atoms with Crippen LogP contribution in [-0.4, -0.2) is 52.9 Å². The Kier molecular flexibility index (Phi) is 5.91. The van der Waals surface area contributed by atoms with Gasteiger partial charge in [-0.05, 0) is 27.2 Å². The Morgan fingerprint density at radius 2 is 1.71 bits per heavy atom. The molecule has 0 spiro atoms. The van der Waals surface area contributed by atoms with Crippen molar-refractivity contribution in [3.63, 3.8) is 0 Å². The lowest BCUT2D eigenvalue weighted by Gasteiger charge is -2.39. The summed E-state index contributed by atoms with van der Waals surface area (Å²) in [6.07, 6.45) is -4.01. The number of ketones is 1. The van der Waals surface area contributed by atoms with Crippen LogP contribution in [-0.2, 0) is 14.3 Å². The van der Waals surface area contributed by atoms with Gasteiger partial charge in [-0.2, -0.15) is 0 Å². The molecule has 1 heterocycles. The van der Waals surface area contributed by atoms with Crippen molar-refractivity contribution >= 4 is 5.78 Å². The van der Waals surface area contributed by atoms with Gasteiger partial charge in [0.1, 0.15) is 6.10 Å². The van der Waals surface area contributed by atoms with Crippen LogP contribution in [0.4, 0.5) is 0 Å². The van der Waals surface area contributed by atoms with Crippen LogP contribution in [0.5, 0.6) is 0 Å². The Bertz CT molecular complexity index is 364. The zero-order chi connectivity index (χ0) is 16.4. The molecule has 21 heavy (non-hydrogen) atoms. The number of carbonyl (C=O) groups is 1. The molecular formula is C15H29NO5. The summed E-state index contributed by atoms with van der Waals surface area (Å²) in [5.74, 6) is -0.222. The summed E-state index contributed by atoms with van der Waals surface area (Å²) in [6, 6.07) is 0. The van der Waals surface area contributed by atoms with E-state index in [-0.39, 0.29) is 11.3 Å². The van der Waals surface area contributed by atoms with Crippen molar-refractivity contribution in [2.75, 3.05) is 6.54 Å². The van der Waals surface area contributed by atoms with Crippen LogP contribution >= 0.6 is 0 Å². The molecule has 0 aliphatic carbocycles. The van der Waals surface area contributed by atoms with Gasteiger partial charge < -0.3 is 25.0 Å². The highest BCUT2D eigenvalue weighted by Gasteiger charge is 2.45. The minimum Gasteiger partial charge on any atom is -0.385 e. The first-order valence-electron chi connectivity index (χ1n) is 7.44. The van der Waals surface area contributed by atoms with E-state index in [0.717, 1.165) is 0 Å². The van der Waals surface area contributed by atoms with E-state index in [1.165, 1.54) is 0 Å². The van der Waals surface area contributed by atoms with Crippen molar-refractivity contribution in [3.05, 3.63) is 0 Å². The molecule has 4 atom stereocenters. The molecule has 6 nitrogen and oxygen atoms in total. The lowest BCUT2D eigenvalue weighted by Crippen LogP contribution is -2.58. The lowest BCUT2D eigenvalue weighted by atomic mass is 9.81. The number of aliphatic hydroxyl groups excluding tert-OH is 2. The van der Waals surface area contributed by atoms with Crippen molar-refractivity contribution in [2.45, 2.75) is 78.3 Å². The first kappa shape index (κ1) is 18.5. The number of hydrogen-bond acceptors (Lipinski definition) is 6. The Morgan fingerprint density at radius 1 is 1.14 bits per heavy atom. The van der Waals surface area contributed by atoms with Crippen LogP contribution in [0.3, 0.4) is 0 Å². The van der Waals surface area contributed by atoms with Crippen molar-refractivity contribution in [2.24, 2.45) is 5.41 Å². The minimum atomic E-state index is -1.42. The molecule has 0 aromatic heterocycles. The molecule has 124 valence electrons. The van der Waals surface area contributed by atoms with Crippen LogP contribution < -0.4 is 5.32 Å². The van der Waals surface area contributed by atoms with Gasteiger partial charge in [-0.3, -0.25) is 4.79 Å². The van der Waals surface area contributed by atoms with Crippen LogP contribution in [0.1, 0.15) is 48.0 Å². The average Bonchev–Trinajstić information content (AvgIpc) is 2.38. The predicted molar refractivity (Wildman–Crippen MR) is 78.6 cm³/mol. The Morgan fingerprint density at radius 3 is 2.19 bits per heavy atom. The van der Waals surface area contributed by atoms with Crippen molar-refractivity contribution in [1.82, 2.24) is 5.32 Å². The van der Waals surface area contributed by atoms with E-state index in [1.54, 1.807) is 13.8 Å². The highest BCUT2D eigenvalue weighted by atomic mass is 16.8. The maximum atomic E-state index is 12.5. The summed E-state index contributed by atoms with van der Waals surface area (Å²) in [5.41, 5.74) is -0.763. The van der Waals surface area contributed by atoms with Gasteiger partial charge in [0.25, 0.3) is 0 Å². The number of hydrogen-bond donors (Lipinski definition) is 3. The first-order valence-corrected chi connectivity index (χ1v) is 7.44. The zero-order valence-corrected chi connectivity index (χ0v) is 13.8. The molecule has 0 amide bonds. The Balaban J connectivity index is 2.77. The SMILES string of the molecule is CCC(C)(C)C(=O)C1OC(CNC(C)(C)C)OC(O)C1O. The molecule has 4 unspecified atom stereocenters. The summed E-state index contributed by atoms with van der Waals surface area (Å²) < 4.78 is 10.8. The summed E-state index contributed by atoms with van der Waals surface area (Å²) in [4.78, 5) is 12.5. The minimum absolute atomic E-state index is 0.143.